The highest BCUT2D eigenvalue weighted by atomic mass is 19.1. The van der Waals surface area contributed by atoms with Crippen LogP contribution in [-0.4, -0.2) is 17.3 Å². The molecular weight excluding hydrogens is 221 g/mol. The number of hydrogen-bond donors (Lipinski definition) is 2. The summed E-state index contributed by atoms with van der Waals surface area (Å²) >= 11 is 0. The van der Waals surface area contributed by atoms with E-state index in [9.17, 15) is 9.50 Å². The number of aliphatic hydroxyl groups is 1. The van der Waals surface area contributed by atoms with E-state index in [0.717, 1.165) is 0 Å². The van der Waals surface area contributed by atoms with Gasteiger partial charge >= 0.3 is 0 Å². The van der Waals surface area contributed by atoms with Crippen molar-refractivity contribution in [2.75, 3.05) is 6.61 Å². The van der Waals surface area contributed by atoms with E-state index >= 15 is 0 Å². The van der Waals surface area contributed by atoms with Gasteiger partial charge < -0.3 is 15.6 Å². The summed E-state index contributed by atoms with van der Waals surface area (Å²) in [6, 6.07) is 4.59. The molecule has 0 bridgehead atoms. The second-order valence-corrected chi connectivity index (χ2v) is 4.77. The van der Waals surface area contributed by atoms with Crippen molar-refractivity contribution in [2.45, 2.75) is 32.9 Å². The molecule has 3 nitrogen and oxygen atoms in total. The van der Waals surface area contributed by atoms with Crippen molar-refractivity contribution in [3.63, 3.8) is 0 Å². The predicted molar refractivity (Wildman–Crippen MR) is 65.2 cm³/mol. The Labute approximate surface area is 101 Å². The van der Waals surface area contributed by atoms with Gasteiger partial charge in [-0.1, -0.05) is 19.9 Å². The molecule has 0 aliphatic heterocycles. The van der Waals surface area contributed by atoms with Gasteiger partial charge in [0.25, 0.3) is 0 Å². The number of nitrogens with two attached hydrogens (primary N) is 1. The maximum atomic E-state index is 13.6. The highest BCUT2D eigenvalue weighted by Gasteiger charge is 2.26. The molecular formula is C13H20FNO2. The van der Waals surface area contributed by atoms with E-state index in [2.05, 4.69) is 0 Å². The average Bonchev–Trinajstić information content (AvgIpc) is 2.27. The van der Waals surface area contributed by atoms with E-state index in [1.165, 1.54) is 12.1 Å². The van der Waals surface area contributed by atoms with Crippen LogP contribution in [-0.2, 0) is 6.54 Å². The predicted octanol–water partition coefficient (Wildman–Crippen LogP) is 2.07. The standard InChI is InChI=1S/C13H20FNO2/c1-9(2)13(3,16)8-17-12-5-4-10(7-15)6-11(12)14/h4-6,9,16H,7-8,15H2,1-3H3. The molecule has 1 aromatic rings. The fourth-order valence-electron chi connectivity index (χ4n) is 1.18. The summed E-state index contributed by atoms with van der Waals surface area (Å²) in [4.78, 5) is 0. The molecule has 1 unspecified atom stereocenters. The molecule has 4 heteroatoms. The van der Waals surface area contributed by atoms with Crippen molar-refractivity contribution in [1.82, 2.24) is 0 Å². The van der Waals surface area contributed by atoms with Crippen molar-refractivity contribution in [1.29, 1.82) is 0 Å². The van der Waals surface area contributed by atoms with Gasteiger partial charge in [0.1, 0.15) is 6.61 Å². The van der Waals surface area contributed by atoms with Crippen LogP contribution in [0, 0.1) is 11.7 Å². The third-order valence-corrected chi connectivity index (χ3v) is 3.00. The first-order chi connectivity index (χ1) is 7.86. The molecule has 0 saturated carbocycles. The second-order valence-electron chi connectivity index (χ2n) is 4.77. The molecule has 0 aliphatic rings. The van der Waals surface area contributed by atoms with Crippen LogP contribution >= 0.6 is 0 Å². The third kappa shape index (κ3) is 3.68. The number of ether oxygens (including phenoxy) is 1. The van der Waals surface area contributed by atoms with Crippen molar-refractivity contribution in [3.05, 3.63) is 29.6 Å². The van der Waals surface area contributed by atoms with Crippen LogP contribution in [0.1, 0.15) is 26.3 Å². The van der Waals surface area contributed by atoms with Gasteiger partial charge in [0.05, 0.1) is 5.60 Å². The van der Waals surface area contributed by atoms with E-state index in [1.807, 2.05) is 13.8 Å². The maximum Gasteiger partial charge on any atom is 0.165 e. The Morgan fingerprint density at radius 1 is 1.47 bits per heavy atom. The first kappa shape index (κ1) is 13.9. The van der Waals surface area contributed by atoms with E-state index in [4.69, 9.17) is 10.5 Å². The number of hydrogen-bond acceptors (Lipinski definition) is 3. The minimum Gasteiger partial charge on any atom is -0.488 e. The van der Waals surface area contributed by atoms with E-state index in [-0.39, 0.29) is 18.3 Å². The molecule has 3 N–H and O–H groups in total. The Morgan fingerprint density at radius 2 is 2.12 bits per heavy atom. The normalized spacial score (nSPS) is 14.8. The molecule has 0 aliphatic carbocycles. The molecule has 1 atom stereocenters. The van der Waals surface area contributed by atoms with Crippen molar-refractivity contribution in [2.24, 2.45) is 11.7 Å². The van der Waals surface area contributed by atoms with Crippen LogP contribution in [0.4, 0.5) is 4.39 Å². The zero-order valence-electron chi connectivity index (χ0n) is 10.5. The summed E-state index contributed by atoms with van der Waals surface area (Å²) in [6.45, 7) is 5.79. The molecule has 0 aromatic heterocycles. The first-order valence-electron chi connectivity index (χ1n) is 5.70. The van der Waals surface area contributed by atoms with E-state index in [1.54, 1.807) is 13.0 Å². The van der Waals surface area contributed by atoms with Crippen molar-refractivity contribution in [3.8, 4) is 5.75 Å². The van der Waals surface area contributed by atoms with Crippen molar-refractivity contribution >= 4 is 0 Å². The zero-order valence-corrected chi connectivity index (χ0v) is 10.5. The van der Waals surface area contributed by atoms with Gasteiger partial charge in [-0.2, -0.15) is 0 Å². The molecule has 96 valence electrons. The lowest BCUT2D eigenvalue weighted by atomic mass is 9.94. The Hall–Kier alpha value is -1.13. The summed E-state index contributed by atoms with van der Waals surface area (Å²) in [5.41, 5.74) is 5.14. The molecule has 0 fully saturated rings. The van der Waals surface area contributed by atoms with Crippen LogP contribution in [0.25, 0.3) is 0 Å². The van der Waals surface area contributed by atoms with Gasteiger partial charge in [0.15, 0.2) is 11.6 Å². The minimum atomic E-state index is -0.973. The number of halogens is 1. The van der Waals surface area contributed by atoms with Crippen LogP contribution < -0.4 is 10.5 Å². The Morgan fingerprint density at radius 3 is 2.59 bits per heavy atom. The Bertz CT molecular complexity index is 378. The van der Waals surface area contributed by atoms with Crippen LogP contribution in [0.3, 0.4) is 0 Å². The van der Waals surface area contributed by atoms with Gasteiger partial charge in [-0.3, -0.25) is 0 Å². The van der Waals surface area contributed by atoms with Gasteiger partial charge in [0, 0.05) is 6.54 Å². The zero-order chi connectivity index (χ0) is 13.1. The van der Waals surface area contributed by atoms with E-state index in [0.29, 0.717) is 12.1 Å². The fraction of sp³-hybridized carbons (Fsp3) is 0.538. The Balaban J connectivity index is 2.70. The molecule has 0 saturated heterocycles. The smallest absolute Gasteiger partial charge is 0.165 e. The lowest BCUT2D eigenvalue weighted by Crippen LogP contribution is -2.37. The summed E-state index contributed by atoms with van der Waals surface area (Å²) in [5.74, 6) is -0.274. The number of benzene rings is 1. The van der Waals surface area contributed by atoms with Gasteiger partial charge in [-0.05, 0) is 30.5 Å². The SMILES string of the molecule is CC(C)C(C)(O)COc1ccc(CN)cc1F. The molecule has 1 rings (SSSR count). The van der Waals surface area contributed by atoms with Gasteiger partial charge in [-0.15, -0.1) is 0 Å². The Kier molecular flexibility index (Phi) is 4.48. The molecule has 0 spiro atoms. The van der Waals surface area contributed by atoms with Crippen LogP contribution in [0.2, 0.25) is 0 Å². The average molecular weight is 241 g/mol. The summed E-state index contributed by atoms with van der Waals surface area (Å²) in [5, 5.41) is 9.98. The minimum absolute atomic E-state index is 0.0360. The highest BCUT2D eigenvalue weighted by Crippen LogP contribution is 2.22. The first-order valence-corrected chi connectivity index (χ1v) is 5.70. The lowest BCUT2D eigenvalue weighted by molar-refractivity contribution is -0.0275. The topological polar surface area (TPSA) is 55.5 Å². The molecule has 0 radical (unpaired) electrons. The van der Waals surface area contributed by atoms with E-state index < -0.39 is 11.4 Å². The van der Waals surface area contributed by atoms with Gasteiger partial charge in [0.2, 0.25) is 0 Å². The van der Waals surface area contributed by atoms with Crippen LogP contribution in [0.15, 0.2) is 18.2 Å². The highest BCUT2D eigenvalue weighted by molar-refractivity contribution is 5.29. The third-order valence-electron chi connectivity index (χ3n) is 3.00. The monoisotopic (exact) mass is 241 g/mol. The molecule has 1 aromatic carbocycles. The quantitative estimate of drug-likeness (QED) is 0.829. The summed E-state index contributed by atoms with van der Waals surface area (Å²) in [7, 11) is 0. The van der Waals surface area contributed by atoms with Gasteiger partial charge in [-0.25, -0.2) is 4.39 Å². The summed E-state index contributed by atoms with van der Waals surface area (Å²) in [6.07, 6.45) is 0. The maximum absolute atomic E-state index is 13.6. The van der Waals surface area contributed by atoms with Crippen molar-refractivity contribution < 1.29 is 14.2 Å². The lowest BCUT2D eigenvalue weighted by Gasteiger charge is -2.27. The molecule has 17 heavy (non-hydrogen) atoms. The molecule has 0 amide bonds. The summed E-state index contributed by atoms with van der Waals surface area (Å²) < 4.78 is 18.8. The largest absolute Gasteiger partial charge is 0.488 e. The molecule has 0 heterocycles. The van der Waals surface area contributed by atoms with Crippen LogP contribution in [0.5, 0.6) is 5.75 Å². The fourth-order valence-corrected chi connectivity index (χ4v) is 1.18. The number of rotatable bonds is 5. The second kappa shape index (κ2) is 5.47.